The summed E-state index contributed by atoms with van der Waals surface area (Å²) < 4.78 is 4.63. The molecule has 0 saturated carbocycles. The van der Waals surface area contributed by atoms with E-state index >= 15 is 0 Å². The molecule has 0 spiro atoms. The standard InChI is InChI=1S/C11H22O3S/c1-5-11(13,6-2)8-15-7-9(3)10(12)14-4/h9,13H,5-8H2,1-4H3. The van der Waals surface area contributed by atoms with Crippen molar-refractivity contribution in [1.82, 2.24) is 0 Å². The molecule has 4 heteroatoms. The van der Waals surface area contributed by atoms with Crippen molar-refractivity contribution in [2.45, 2.75) is 39.2 Å². The maximum Gasteiger partial charge on any atom is 0.309 e. The lowest BCUT2D eigenvalue weighted by Crippen LogP contribution is -2.30. The Morgan fingerprint density at radius 2 is 2.00 bits per heavy atom. The van der Waals surface area contributed by atoms with Crippen LogP contribution in [0.5, 0.6) is 0 Å². The smallest absolute Gasteiger partial charge is 0.309 e. The van der Waals surface area contributed by atoms with E-state index in [-0.39, 0.29) is 11.9 Å². The van der Waals surface area contributed by atoms with Gasteiger partial charge in [-0.25, -0.2) is 0 Å². The van der Waals surface area contributed by atoms with Gasteiger partial charge in [0.05, 0.1) is 18.6 Å². The van der Waals surface area contributed by atoms with Crippen LogP contribution in [0.3, 0.4) is 0 Å². The summed E-state index contributed by atoms with van der Waals surface area (Å²) in [4.78, 5) is 11.1. The summed E-state index contributed by atoms with van der Waals surface area (Å²) in [7, 11) is 1.40. The molecule has 0 aromatic rings. The molecule has 0 aliphatic heterocycles. The first-order chi connectivity index (χ1) is 6.99. The molecule has 0 saturated heterocycles. The van der Waals surface area contributed by atoms with Gasteiger partial charge in [0.1, 0.15) is 0 Å². The third-order valence-electron chi connectivity index (χ3n) is 2.66. The summed E-state index contributed by atoms with van der Waals surface area (Å²) in [6.45, 7) is 5.80. The monoisotopic (exact) mass is 234 g/mol. The second-order valence-corrected chi connectivity index (χ2v) is 4.90. The average molecular weight is 234 g/mol. The molecule has 0 aliphatic rings. The highest BCUT2D eigenvalue weighted by molar-refractivity contribution is 7.99. The number of methoxy groups -OCH3 is 1. The van der Waals surface area contributed by atoms with Gasteiger partial charge < -0.3 is 9.84 Å². The molecule has 0 aromatic heterocycles. The largest absolute Gasteiger partial charge is 0.469 e. The molecule has 0 aliphatic carbocycles. The van der Waals surface area contributed by atoms with Gasteiger partial charge >= 0.3 is 5.97 Å². The first kappa shape index (κ1) is 14.8. The van der Waals surface area contributed by atoms with Crippen molar-refractivity contribution in [3.8, 4) is 0 Å². The molecular weight excluding hydrogens is 212 g/mol. The van der Waals surface area contributed by atoms with E-state index in [0.29, 0.717) is 11.5 Å². The predicted octanol–water partition coefficient (Wildman–Crippen LogP) is 2.08. The van der Waals surface area contributed by atoms with Crippen LogP contribution in [0.4, 0.5) is 0 Å². The lowest BCUT2D eigenvalue weighted by atomic mass is 10.0. The van der Waals surface area contributed by atoms with E-state index in [2.05, 4.69) is 4.74 Å². The molecule has 0 rings (SSSR count). The van der Waals surface area contributed by atoms with E-state index < -0.39 is 5.60 Å². The molecule has 0 fully saturated rings. The topological polar surface area (TPSA) is 46.5 Å². The lowest BCUT2D eigenvalue weighted by molar-refractivity contribution is -0.144. The molecule has 0 aromatic carbocycles. The fraction of sp³-hybridized carbons (Fsp3) is 0.909. The predicted molar refractivity (Wildman–Crippen MR) is 64.0 cm³/mol. The van der Waals surface area contributed by atoms with E-state index in [4.69, 9.17) is 0 Å². The van der Waals surface area contributed by atoms with Gasteiger partial charge in [0.25, 0.3) is 0 Å². The van der Waals surface area contributed by atoms with E-state index in [1.165, 1.54) is 7.11 Å². The maximum atomic E-state index is 11.1. The average Bonchev–Trinajstić information content (AvgIpc) is 2.27. The van der Waals surface area contributed by atoms with E-state index in [1.807, 2.05) is 20.8 Å². The number of hydrogen-bond acceptors (Lipinski definition) is 4. The Hall–Kier alpha value is -0.220. The van der Waals surface area contributed by atoms with Crippen molar-refractivity contribution in [1.29, 1.82) is 0 Å². The fourth-order valence-corrected chi connectivity index (χ4v) is 2.54. The Morgan fingerprint density at radius 1 is 1.47 bits per heavy atom. The molecule has 90 valence electrons. The fourth-order valence-electron chi connectivity index (χ4n) is 1.15. The molecular formula is C11H22O3S. The maximum absolute atomic E-state index is 11.1. The van der Waals surface area contributed by atoms with Gasteiger partial charge in [-0.05, 0) is 12.8 Å². The molecule has 0 bridgehead atoms. The van der Waals surface area contributed by atoms with Crippen LogP contribution in [0.2, 0.25) is 0 Å². The summed E-state index contributed by atoms with van der Waals surface area (Å²) >= 11 is 1.61. The van der Waals surface area contributed by atoms with Crippen LogP contribution in [0.1, 0.15) is 33.6 Å². The van der Waals surface area contributed by atoms with Gasteiger partial charge in [0.15, 0.2) is 0 Å². The summed E-state index contributed by atoms with van der Waals surface area (Å²) in [5.41, 5.74) is -0.583. The second kappa shape index (κ2) is 7.12. The summed E-state index contributed by atoms with van der Waals surface area (Å²) in [6.07, 6.45) is 1.51. The van der Waals surface area contributed by atoms with E-state index in [9.17, 15) is 9.90 Å². The summed E-state index contributed by atoms with van der Waals surface area (Å²) in [6, 6.07) is 0. The van der Waals surface area contributed by atoms with Crippen LogP contribution in [0, 0.1) is 5.92 Å². The lowest BCUT2D eigenvalue weighted by Gasteiger charge is -2.24. The van der Waals surface area contributed by atoms with Gasteiger partial charge in [0, 0.05) is 11.5 Å². The number of ether oxygens (including phenoxy) is 1. The molecule has 1 N–H and O–H groups in total. The third-order valence-corrected chi connectivity index (χ3v) is 4.14. The number of carbonyl (C=O) groups excluding carboxylic acids is 1. The third kappa shape index (κ3) is 5.42. The first-order valence-corrected chi connectivity index (χ1v) is 6.52. The number of rotatable bonds is 7. The number of hydrogen-bond donors (Lipinski definition) is 1. The number of aliphatic hydroxyl groups is 1. The van der Waals surface area contributed by atoms with Gasteiger partial charge in [0.2, 0.25) is 0 Å². The summed E-state index contributed by atoms with van der Waals surface area (Å²) in [5, 5.41) is 10.0. The normalized spacial score (nSPS) is 13.7. The SMILES string of the molecule is CCC(O)(CC)CSCC(C)C(=O)OC. The van der Waals surface area contributed by atoms with Crippen molar-refractivity contribution in [2.24, 2.45) is 5.92 Å². The van der Waals surface area contributed by atoms with Crippen LogP contribution in [0.15, 0.2) is 0 Å². The van der Waals surface area contributed by atoms with E-state index in [1.54, 1.807) is 11.8 Å². The molecule has 0 heterocycles. The van der Waals surface area contributed by atoms with Gasteiger partial charge in [-0.1, -0.05) is 20.8 Å². The number of thioether (sulfide) groups is 1. The minimum absolute atomic E-state index is 0.0991. The summed E-state index contributed by atoms with van der Waals surface area (Å²) in [5.74, 6) is 1.10. The highest BCUT2D eigenvalue weighted by atomic mass is 32.2. The van der Waals surface area contributed by atoms with Crippen molar-refractivity contribution in [2.75, 3.05) is 18.6 Å². The quantitative estimate of drug-likeness (QED) is 0.685. The zero-order valence-corrected chi connectivity index (χ0v) is 10.9. The minimum Gasteiger partial charge on any atom is -0.469 e. The molecule has 0 amide bonds. The van der Waals surface area contributed by atoms with Crippen molar-refractivity contribution >= 4 is 17.7 Å². The number of carbonyl (C=O) groups is 1. The van der Waals surface area contributed by atoms with Gasteiger partial charge in [-0.15, -0.1) is 0 Å². The van der Waals surface area contributed by atoms with Crippen LogP contribution in [-0.2, 0) is 9.53 Å². The number of esters is 1. The Bertz CT molecular complexity index is 190. The van der Waals surface area contributed by atoms with Crippen molar-refractivity contribution in [3.63, 3.8) is 0 Å². The van der Waals surface area contributed by atoms with Crippen LogP contribution >= 0.6 is 11.8 Å². The Labute approximate surface area is 96.6 Å². The minimum atomic E-state index is -0.583. The van der Waals surface area contributed by atoms with E-state index in [0.717, 1.165) is 12.8 Å². The molecule has 3 nitrogen and oxygen atoms in total. The molecule has 15 heavy (non-hydrogen) atoms. The Balaban J connectivity index is 3.83. The zero-order chi connectivity index (χ0) is 11.9. The molecule has 1 unspecified atom stereocenters. The van der Waals surface area contributed by atoms with Crippen molar-refractivity contribution in [3.05, 3.63) is 0 Å². The highest BCUT2D eigenvalue weighted by Crippen LogP contribution is 2.22. The Morgan fingerprint density at radius 3 is 2.40 bits per heavy atom. The zero-order valence-electron chi connectivity index (χ0n) is 10.1. The van der Waals surface area contributed by atoms with Gasteiger partial charge in [-0.2, -0.15) is 11.8 Å². The van der Waals surface area contributed by atoms with Gasteiger partial charge in [-0.3, -0.25) is 4.79 Å². The first-order valence-electron chi connectivity index (χ1n) is 5.37. The van der Waals surface area contributed by atoms with Crippen LogP contribution in [-0.4, -0.2) is 35.3 Å². The second-order valence-electron chi connectivity index (χ2n) is 3.87. The molecule has 1 atom stereocenters. The molecule has 0 radical (unpaired) electrons. The van der Waals surface area contributed by atoms with Crippen LogP contribution < -0.4 is 0 Å². The Kier molecular flexibility index (Phi) is 7.02. The highest BCUT2D eigenvalue weighted by Gasteiger charge is 2.23. The van der Waals surface area contributed by atoms with Crippen LogP contribution in [0.25, 0.3) is 0 Å². The van der Waals surface area contributed by atoms with Crippen molar-refractivity contribution < 1.29 is 14.6 Å².